The van der Waals surface area contributed by atoms with E-state index >= 15 is 0 Å². The maximum Gasteiger partial charge on any atom is 0.357 e. The highest BCUT2D eigenvalue weighted by molar-refractivity contribution is 7.89. The number of carbonyl (C=O) groups is 1. The predicted molar refractivity (Wildman–Crippen MR) is 79.7 cm³/mol. The average Bonchev–Trinajstić information content (AvgIpc) is 2.67. The van der Waals surface area contributed by atoms with Crippen LogP contribution in [0.25, 0.3) is 10.9 Å². The van der Waals surface area contributed by atoms with Crippen molar-refractivity contribution in [1.82, 2.24) is 9.55 Å². The molecule has 21 heavy (non-hydrogen) atoms. The maximum atomic E-state index is 12.0. The van der Waals surface area contributed by atoms with Crippen LogP contribution in [0.2, 0.25) is 0 Å². The van der Waals surface area contributed by atoms with E-state index in [4.69, 9.17) is 4.74 Å². The molecule has 0 fully saturated rings. The van der Waals surface area contributed by atoms with Crippen LogP contribution in [0.3, 0.4) is 0 Å². The molecule has 2 heterocycles. The fourth-order valence-electron chi connectivity index (χ4n) is 1.89. The van der Waals surface area contributed by atoms with Gasteiger partial charge in [-0.25, -0.2) is 18.2 Å². The summed E-state index contributed by atoms with van der Waals surface area (Å²) in [5.74, 6) is -0.676. The van der Waals surface area contributed by atoms with E-state index in [9.17, 15) is 13.2 Å². The van der Waals surface area contributed by atoms with Gasteiger partial charge in [0.2, 0.25) is 0 Å². The Balaban J connectivity index is 2.40. The molecule has 0 aliphatic carbocycles. The van der Waals surface area contributed by atoms with E-state index in [1.165, 1.54) is 6.20 Å². The molecule has 114 valence electrons. The first-order chi connectivity index (χ1) is 9.55. The minimum atomic E-state index is -3.17. The number of hydrogen-bond donors (Lipinski definition) is 0. The quantitative estimate of drug-likeness (QED) is 0.810. The third-order valence-electron chi connectivity index (χ3n) is 2.64. The third kappa shape index (κ3) is 4.04. The number of hydrogen-bond acceptors (Lipinski definition) is 5. The molecule has 2 aromatic heterocycles. The Kier molecular flexibility index (Phi) is 3.79. The molecule has 7 heteroatoms. The van der Waals surface area contributed by atoms with Crippen LogP contribution in [0.1, 0.15) is 31.3 Å². The van der Waals surface area contributed by atoms with Crippen molar-refractivity contribution in [1.29, 1.82) is 0 Å². The van der Waals surface area contributed by atoms with Crippen molar-refractivity contribution in [3.05, 3.63) is 30.2 Å². The van der Waals surface area contributed by atoms with Crippen molar-refractivity contribution < 1.29 is 17.9 Å². The number of rotatable bonds is 3. The Labute approximate surface area is 123 Å². The molecule has 0 aromatic carbocycles. The number of carbonyl (C=O) groups excluding carboxylic acids is 1. The number of esters is 1. The van der Waals surface area contributed by atoms with Gasteiger partial charge in [-0.2, -0.15) is 0 Å². The first kappa shape index (κ1) is 15.5. The second kappa shape index (κ2) is 5.14. The van der Waals surface area contributed by atoms with Gasteiger partial charge in [0.05, 0.1) is 5.52 Å². The summed E-state index contributed by atoms with van der Waals surface area (Å²) in [6.45, 7) is 5.32. The lowest BCUT2D eigenvalue weighted by Gasteiger charge is -2.19. The highest BCUT2D eigenvalue weighted by Crippen LogP contribution is 2.18. The minimum Gasteiger partial charge on any atom is -0.455 e. The fourth-order valence-corrected chi connectivity index (χ4v) is 2.62. The van der Waals surface area contributed by atoms with Gasteiger partial charge in [-0.05, 0) is 32.9 Å². The fraction of sp³-hybridized carbons (Fsp3) is 0.429. The topological polar surface area (TPSA) is 78.3 Å². The molecule has 6 nitrogen and oxygen atoms in total. The van der Waals surface area contributed by atoms with E-state index in [-0.39, 0.29) is 11.6 Å². The molecule has 2 rings (SSSR count). The van der Waals surface area contributed by atoms with Crippen LogP contribution in [0.15, 0.2) is 24.5 Å². The Morgan fingerprint density at radius 3 is 2.62 bits per heavy atom. The van der Waals surface area contributed by atoms with Crippen LogP contribution in [0.4, 0.5) is 0 Å². The van der Waals surface area contributed by atoms with Gasteiger partial charge in [-0.3, -0.25) is 0 Å². The minimum absolute atomic E-state index is 0.145. The standard InChI is InChI=1S/C14H18N2O4S/c1-14(2,3)20-13(17)11-7-12-10(8-15-11)5-6-16(12)9-21(4,18)19/h5-8H,9H2,1-4H3. The van der Waals surface area contributed by atoms with Crippen molar-refractivity contribution in [2.45, 2.75) is 32.2 Å². The monoisotopic (exact) mass is 310 g/mol. The van der Waals surface area contributed by atoms with Crippen molar-refractivity contribution in [3.63, 3.8) is 0 Å². The molecular formula is C14H18N2O4S. The summed E-state index contributed by atoms with van der Waals surface area (Å²) in [7, 11) is -3.17. The van der Waals surface area contributed by atoms with E-state index in [0.717, 1.165) is 11.6 Å². The molecule has 0 saturated heterocycles. The van der Waals surface area contributed by atoms with Crippen molar-refractivity contribution >= 4 is 26.7 Å². The van der Waals surface area contributed by atoms with Crippen molar-refractivity contribution in [2.24, 2.45) is 0 Å². The Bertz CT molecular complexity index is 785. The molecule has 0 aliphatic heterocycles. The average molecular weight is 310 g/mol. The molecule has 0 aliphatic rings. The van der Waals surface area contributed by atoms with Crippen LogP contribution in [-0.4, -0.2) is 35.8 Å². The maximum absolute atomic E-state index is 12.0. The molecule has 0 amide bonds. The Morgan fingerprint density at radius 2 is 2.05 bits per heavy atom. The predicted octanol–water partition coefficient (Wildman–Crippen LogP) is 1.99. The van der Waals surface area contributed by atoms with Crippen LogP contribution in [0, 0.1) is 0 Å². The Morgan fingerprint density at radius 1 is 1.38 bits per heavy atom. The smallest absolute Gasteiger partial charge is 0.357 e. The summed E-state index contributed by atoms with van der Waals surface area (Å²) >= 11 is 0. The SMILES string of the molecule is CC(C)(C)OC(=O)c1cc2c(ccn2CS(C)(=O)=O)cn1. The number of ether oxygens (including phenoxy) is 1. The molecule has 0 N–H and O–H groups in total. The van der Waals surface area contributed by atoms with E-state index in [1.807, 2.05) is 0 Å². The number of sulfone groups is 1. The van der Waals surface area contributed by atoms with Gasteiger partial charge in [0.25, 0.3) is 0 Å². The van der Waals surface area contributed by atoms with Gasteiger partial charge in [0.1, 0.15) is 17.2 Å². The summed E-state index contributed by atoms with van der Waals surface area (Å²) in [5.41, 5.74) is 0.185. The second-order valence-corrected chi connectivity index (χ2v) is 8.08. The summed E-state index contributed by atoms with van der Waals surface area (Å²) in [6, 6.07) is 3.31. The molecule has 0 radical (unpaired) electrons. The van der Waals surface area contributed by atoms with Gasteiger partial charge in [-0.15, -0.1) is 0 Å². The molecule has 0 atom stereocenters. The van der Waals surface area contributed by atoms with Crippen LogP contribution in [0.5, 0.6) is 0 Å². The van der Waals surface area contributed by atoms with Gasteiger partial charge in [-0.1, -0.05) is 0 Å². The zero-order chi connectivity index (χ0) is 15.8. The molecule has 0 spiro atoms. The number of pyridine rings is 1. The molecule has 0 unspecified atom stereocenters. The van der Waals surface area contributed by atoms with Crippen molar-refractivity contribution in [3.8, 4) is 0 Å². The summed E-state index contributed by atoms with van der Waals surface area (Å²) < 4.78 is 29.7. The molecular weight excluding hydrogens is 292 g/mol. The van der Waals surface area contributed by atoms with E-state index in [0.29, 0.717) is 5.52 Å². The van der Waals surface area contributed by atoms with E-state index in [1.54, 1.807) is 43.7 Å². The number of aromatic nitrogens is 2. The lowest BCUT2D eigenvalue weighted by molar-refractivity contribution is 0.00630. The van der Waals surface area contributed by atoms with Gasteiger partial charge in [0, 0.05) is 24.0 Å². The van der Waals surface area contributed by atoms with Crippen LogP contribution in [-0.2, 0) is 20.5 Å². The van der Waals surface area contributed by atoms with Crippen LogP contribution < -0.4 is 0 Å². The molecule has 2 aromatic rings. The highest BCUT2D eigenvalue weighted by atomic mass is 32.2. The summed E-state index contributed by atoms with van der Waals surface area (Å²) in [6.07, 6.45) is 4.36. The van der Waals surface area contributed by atoms with Gasteiger partial charge in [0.15, 0.2) is 9.84 Å². The van der Waals surface area contributed by atoms with Gasteiger partial charge < -0.3 is 9.30 Å². The normalized spacial score (nSPS) is 12.6. The first-order valence-corrected chi connectivity index (χ1v) is 8.47. The lowest BCUT2D eigenvalue weighted by atomic mass is 10.2. The van der Waals surface area contributed by atoms with Crippen molar-refractivity contribution in [2.75, 3.05) is 6.26 Å². The number of nitrogens with zero attached hydrogens (tertiary/aromatic N) is 2. The summed E-state index contributed by atoms with van der Waals surface area (Å²) in [4.78, 5) is 16.1. The van der Waals surface area contributed by atoms with E-state index in [2.05, 4.69) is 4.98 Å². The first-order valence-electron chi connectivity index (χ1n) is 6.41. The zero-order valence-electron chi connectivity index (χ0n) is 12.5. The Hall–Kier alpha value is -1.89. The van der Waals surface area contributed by atoms with Gasteiger partial charge >= 0.3 is 5.97 Å². The zero-order valence-corrected chi connectivity index (χ0v) is 13.3. The third-order valence-corrected chi connectivity index (χ3v) is 3.38. The number of fused-ring (bicyclic) bond motifs is 1. The summed E-state index contributed by atoms with van der Waals surface area (Å²) in [5, 5.41) is 0.769. The molecule has 0 saturated carbocycles. The second-order valence-electron chi connectivity index (χ2n) is 5.97. The molecule has 0 bridgehead atoms. The lowest BCUT2D eigenvalue weighted by Crippen LogP contribution is -2.24. The van der Waals surface area contributed by atoms with E-state index < -0.39 is 21.4 Å². The highest BCUT2D eigenvalue weighted by Gasteiger charge is 2.19. The largest absolute Gasteiger partial charge is 0.455 e. The van der Waals surface area contributed by atoms with Crippen LogP contribution >= 0.6 is 0 Å².